The number of hydrogen-bond donors (Lipinski definition) is 4. The number of hydrogen-bond acceptors (Lipinski definition) is 6. The molecule has 0 aliphatic rings. The molecule has 1 aromatic heterocycles. The molecule has 16 heteroatoms. The topological polar surface area (TPSA) is 118 Å². The van der Waals surface area contributed by atoms with Gasteiger partial charge in [-0.05, 0) is 31.5 Å². The van der Waals surface area contributed by atoms with Gasteiger partial charge in [0.05, 0.1) is 44.4 Å². The van der Waals surface area contributed by atoms with Crippen molar-refractivity contribution in [2.24, 2.45) is 12.5 Å². The molecule has 3 rings (SSSR count). The zero-order chi connectivity index (χ0) is 30.7. The Kier molecular flexibility index (Phi) is 9.93. The number of benzene rings is 2. The van der Waals surface area contributed by atoms with Gasteiger partial charge >= 0.3 is 6.18 Å². The fourth-order valence-corrected chi connectivity index (χ4v) is 4.03. The van der Waals surface area contributed by atoms with Crippen LogP contribution in [-0.2, 0) is 18.4 Å². The molecule has 0 unspecified atom stereocenters. The average Bonchev–Trinajstić information content (AvgIpc) is 3.20. The number of nitrogens with zero attached hydrogens (tertiary/aromatic N) is 2. The molecule has 0 saturated heterocycles. The Morgan fingerprint density at radius 1 is 1.15 bits per heavy atom. The quantitative estimate of drug-likeness (QED) is 0.218. The number of fused-ring (bicyclic) bond motifs is 1. The molecule has 0 spiro atoms. The number of aliphatic hydroxyl groups is 1. The molecular weight excluding hydrogens is 600 g/mol. The molecule has 224 valence electrons. The summed E-state index contributed by atoms with van der Waals surface area (Å²) in [5, 5.41) is 17.0. The Bertz CT molecular complexity index is 1450. The monoisotopic (exact) mass is 625 g/mol. The van der Waals surface area contributed by atoms with Gasteiger partial charge in [0.1, 0.15) is 18.9 Å². The van der Waals surface area contributed by atoms with Gasteiger partial charge in [0.25, 0.3) is 12.3 Å². The molecule has 1 heterocycles. The molecule has 0 bridgehead atoms. The lowest BCUT2D eigenvalue weighted by Gasteiger charge is -2.21. The van der Waals surface area contributed by atoms with E-state index in [0.717, 1.165) is 6.07 Å². The van der Waals surface area contributed by atoms with Gasteiger partial charge in [-0.3, -0.25) is 9.59 Å². The minimum absolute atomic E-state index is 0.0106. The van der Waals surface area contributed by atoms with Gasteiger partial charge < -0.3 is 30.4 Å². The number of alkyl halides is 5. The maximum Gasteiger partial charge on any atom is 0.405 e. The van der Waals surface area contributed by atoms with Crippen molar-refractivity contribution in [3.05, 3.63) is 45.4 Å². The van der Waals surface area contributed by atoms with Gasteiger partial charge in [-0.25, -0.2) is 13.8 Å². The second-order valence-corrected chi connectivity index (χ2v) is 10.4. The van der Waals surface area contributed by atoms with Crippen LogP contribution in [0.25, 0.3) is 11.0 Å². The number of amides is 2. The fraction of sp³-hybridized carbons (Fsp3) is 0.400. The van der Waals surface area contributed by atoms with Crippen molar-refractivity contribution in [1.82, 2.24) is 20.2 Å². The number of imidazole rings is 1. The molecule has 3 aromatic rings. The minimum Gasteiger partial charge on any atom is -0.487 e. The van der Waals surface area contributed by atoms with E-state index in [0.29, 0.717) is 5.56 Å². The van der Waals surface area contributed by atoms with E-state index in [1.54, 1.807) is 32.3 Å². The SMILES string of the molecule is Cn1c(Nc2c(Cl)ccc(CNC(=O)C(C)(C)CO)c2Cl)nc2cc(C(=O)NCC(F)(F)F)c(OCC(F)F)cc21. The Labute approximate surface area is 241 Å². The van der Waals surface area contributed by atoms with Gasteiger partial charge in [-0.2, -0.15) is 13.2 Å². The third-order valence-corrected chi connectivity index (χ3v) is 6.64. The maximum absolute atomic E-state index is 12.8. The van der Waals surface area contributed by atoms with E-state index >= 15 is 0 Å². The molecule has 0 aliphatic heterocycles. The van der Waals surface area contributed by atoms with E-state index in [1.165, 1.54) is 16.7 Å². The summed E-state index contributed by atoms with van der Waals surface area (Å²) in [5.74, 6) is -1.85. The van der Waals surface area contributed by atoms with E-state index in [2.05, 4.69) is 15.6 Å². The van der Waals surface area contributed by atoms with E-state index in [4.69, 9.17) is 27.9 Å². The summed E-state index contributed by atoms with van der Waals surface area (Å²) >= 11 is 12.9. The summed E-state index contributed by atoms with van der Waals surface area (Å²) in [6.07, 6.45) is -7.60. The number of ether oxygens (including phenoxy) is 1. The number of nitrogens with one attached hydrogen (secondary N) is 3. The van der Waals surface area contributed by atoms with Gasteiger partial charge in [-0.1, -0.05) is 29.3 Å². The highest BCUT2D eigenvalue weighted by atomic mass is 35.5. The lowest BCUT2D eigenvalue weighted by atomic mass is 9.94. The second-order valence-electron chi connectivity index (χ2n) is 9.58. The highest BCUT2D eigenvalue weighted by Gasteiger charge is 2.29. The van der Waals surface area contributed by atoms with Crippen molar-refractivity contribution < 1.29 is 41.4 Å². The van der Waals surface area contributed by atoms with Crippen LogP contribution in [0.4, 0.5) is 33.6 Å². The van der Waals surface area contributed by atoms with Gasteiger partial charge in [-0.15, -0.1) is 0 Å². The first-order valence-corrected chi connectivity index (χ1v) is 12.7. The van der Waals surface area contributed by atoms with Crippen LogP contribution in [0.5, 0.6) is 5.75 Å². The Balaban J connectivity index is 1.96. The first-order chi connectivity index (χ1) is 19.0. The van der Waals surface area contributed by atoms with E-state index < -0.39 is 48.5 Å². The van der Waals surface area contributed by atoms with E-state index in [9.17, 15) is 36.6 Å². The molecule has 2 aromatic carbocycles. The predicted octanol–water partition coefficient (Wildman–Crippen LogP) is 5.19. The fourth-order valence-electron chi connectivity index (χ4n) is 3.50. The minimum atomic E-state index is -4.70. The van der Waals surface area contributed by atoms with E-state index in [1.807, 2.05) is 0 Å². The number of halogens is 7. The van der Waals surface area contributed by atoms with Gasteiger partial charge in [0.2, 0.25) is 11.9 Å². The smallest absolute Gasteiger partial charge is 0.405 e. The first-order valence-electron chi connectivity index (χ1n) is 11.9. The first kappa shape index (κ1) is 32.2. The predicted molar refractivity (Wildman–Crippen MR) is 143 cm³/mol. The molecule has 0 fully saturated rings. The molecule has 9 nitrogen and oxygen atoms in total. The molecule has 4 N–H and O–H groups in total. The van der Waals surface area contributed by atoms with Crippen molar-refractivity contribution in [1.29, 1.82) is 0 Å². The third-order valence-electron chi connectivity index (χ3n) is 5.90. The van der Waals surface area contributed by atoms with Gasteiger partial charge in [0.15, 0.2) is 0 Å². The van der Waals surface area contributed by atoms with Crippen LogP contribution >= 0.6 is 23.2 Å². The Hall–Kier alpha value is -3.36. The molecule has 0 saturated carbocycles. The zero-order valence-corrected chi connectivity index (χ0v) is 23.4. The third kappa shape index (κ3) is 7.89. The highest BCUT2D eigenvalue weighted by molar-refractivity contribution is 6.39. The average molecular weight is 626 g/mol. The Morgan fingerprint density at radius 3 is 2.44 bits per heavy atom. The van der Waals surface area contributed by atoms with Crippen LogP contribution in [-0.4, -0.2) is 58.8 Å². The molecule has 0 aliphatic carbocycles. The Morgan fingerprint density at radius 2 is 1.83 bits per heavy atom. The summed E-state index contributed by atoms with van der Waals surface area (Å²) in [5.41, 5.74) is -0.355. The van der Waals surface area contributed by atoms with Crippen LogP contribution in [0.2, 0.25) is 10.0 Å². The molecule has 0 atom stereocenters. The summed E-state index contributed by atoms with van der Waals surface area (Å²) in [7, 11) is 1.54. The number of carbonyl (C=O) groups is 2. The van der Waals surface area contributed by atoms with Crippen molar-refractivity contribution in [3.63, 3.8) is 0 Å². The van der Waals surface area contributed by atoms with Crippen LogP contribution in [0.15, 0.2) is 24.3 Å². The van der Waals surface area contributed by atoms with Crippen LogP contribution in [0.3, 0.4) is 0 Å². The molecular formula is C25H26Cl2F5N5O4. The summed E-state index contributed by atoms with van der Waals surface area (Å²) in [6, 6.07) is 5.44. The zero-order valence-electron chi connectivity index (χ0n) is 21.9. The number of aryl methyl sites for hydroxylation is 1. The lowest BCUT2D eigenvalue weighted by molar-refractivity contribution is -0.131. The molecule has 2 amide bonds. The van der Waals surface area contributed by atoms with E-state index in [-0.39, 0.29) is 51.6 Å². The standard InChI is InChI=1S/C25H26Cl2F5N5O4/c1-24(2,11-38)22(40)33-8-12-4-5-14(26)20(19(12)27)36-23-35-15-6-13(21(39)34-10-25(30,31)32)17(41-9-18(28)29)7-16(15)37(23)3/h4-7,18,38H,8-11H2,1-3H3,(H,33,40)(H,34,39)(H,35,36). The second kappa shape index (κ2) is 12.7. The summed E-state index contributed by atoms with van der Waals surface area (Å²) < 4.78 is 70.0. The van der Waals surface area contributed by atoms with Crippen molar-refractivity contribution in [2.75, 3.05) is 25.1 Å². The van der Waals surface area contributed by atoms with Crippen LogP contribution in [0.1, 0.15) is 29.8 Å². The highest BCUT2D eigenvalue weighted by Crippen LogP contribution is 2.37. The van der Waals surface area contributed by atoms with Crippen molar-refractivity contribution in [3.8, 4) is 5.75 Å². The van der Waals surface area contributed by atoms with Crippen molar-refractivity contribution >= 4 is 57.7 Å². The van der Waals surface area contributed by atoms with Crippen LogP contribution < -0.4 is 20.7 Å². The number of rotatable bonds is 11. The molecule has 41 heavy (non-hydrogen) atoms. The summed E-state index contributed by atoms with van der Waals surface area (Å²) in [4.78, 5) is 29.2. The van der Waals surface area contributed by atoms with Crippen LogP contribution in [0, 0.1) is 5.41 Å². The normalized spacial score (nSPS) is 12.1. The number of aromatic nitrogens is 2. The number of carbonyl (C=O) groups excluding carboxylic acids is 2. The maximum atomic E-state index is 12.8. The number of aliphatic hydroxyl groups excluding tert-OH is 1. The lowest BCUT2D eigenvalue weighted by Crippen LogP contribution is -2.38. The van der Waals surface area contributed by atoms with Crippen molar-refractivity contribution in [2.45, 2.75) is 33.0 Å². The summed E-state index contributed by atoms with van der Waals surface area (Å²) in [6.45, 7) is 0.0419. The van der Waals surface area contributed by atoms with Gasteiger partial charge in [0, 0.05) is 19.7 Å². The largest absolute Gasteiger partial charge is 0.487 e. The number of anilines is 2. The molecule has 0 radical (unpaired) electrons.